The summed E-state index contributed by atoms with van der Waals surface area (Å²) < 4.78 is 67.7. The predicted molar refractivity (Wildman–Crippen MR) is 118 cm³/mol. The van der Waals surface area contributed by atoms with Crippen molar-refractivity contribution in [1.82, 2.24) is 29.4 Å². The van der Waals surface area contributed by atoms with Crippen molar-refractivity contribution in [2.24, 2.45) is 0 Å². The molecule has 1 aliphatic heterocycles. The fourth-order valence-corrected chi connectivity index (χ4v) is 5.23. The van der Waals surface area contributed by atoms with Crippen LogP contribution in [0.1, 0.15) is 0 Å². The number of piperazine rings is 1. The predicted octanol–water partition coefficient (Wildman–Crippen LogP) is 1.23. The number of carboxylic acid groups (broad SMARTS) is 1. The maximum absolute atomic E-state index is 13.1. The maximum atomic E-state index is 13.1. The molecule has 2 aromatic carbocycles. The third-order valence-corrected chi connectivity index (χ3v) is 7.32. The first-order chi connectivity index (χ1) is 17.4. The minimum Gasteiger partial charge on any atom is -0.480 e. The highest BCUT2D eigenvalue weighted by atomic mass is 32.2. The van der Waals surface area contributed by atoms with Crippen LogP contribution in [0.4, 0.5) is 13.2 Å². The highest BCUT2D eigenvalue weighted by Gasteiger charge is 2.41. The number of halogens is 3. The Balaban J connectivity index is 1.45. The summed E-state index contributed by atoms with van der Waals surface area (Å²) >= 11 is 0. The van der Waals surface area contributed by atoms with Crippen LogP contribution in [-0.4, -0.2) is 86.9 Å². The zero-order chi connectivity index (χ0) is 26.8. The molecule has 1 aromatic heterocycles. The summed E-state index contributed by atoms with van der Waals surface area (Å²) in [5, 5.41) is 21.5. The Kier molecular flexibility index (Phi) is 7.13. The van der Waals surface area contributed by atoms with Gasteiger partial charge < -0.3 is 14.7 Å². The second kappa shape index (κ2) is 10.1. The van der Waals surface area contributed by atoms with Crippen molar-refractivity contribution in [2.45, 2.75) is 23.8 Å². The summed E-state index contributed by atoms with van der Waals surface area (Å²) in [5.41, 5.74) is 0.684. The van der Waals surface area contributed by atoms with Gasteiger partial charge in [-0.2, -0.15) is 9.10 Å². The topological polar surface area (TPSA) is 148 Å². The summed E-state index contributed by atoms with van der Waals surface area (Å²) in [6.45, 7) is -1.29. The van der Waals surface area contributed by atoms with Gasteiger partial charge in [0.05, 0.1) is 4.90 Å². The molecule has 4 rings (SSSR count). The lowest BCUT2D eigenvalue weighted by molar-refractivity contribution is -0.274. The fourth-order valence-electron chi connectivity index (χ4n) is 3.66. The number of aromatic nitrogens is 4. The molecule has 1 N–H and O–H groups in total. The average Bonchev–Trinajstić information content (AvgIpc) is 3.32. The molecule has 1 aliphatic rings. The van der Waals surface area contributed by atoms with Crippen LogP contribution >= 0.6 is 0 Å². The molecule has 1 fully saturated rings. The van der Waals surface area contributed by atoms with Crippen LogP contribution in [0.2, 0.25) is 0 Å². The van der Waals surface area contributed by atoms with Gasteiger partial charge in [0.15, 0.2) is 0 Å². The highest BCUT2D eigenvalue weighted by Crippen LogP contribution is 2.27. The molecule has 2 heterocycles. The van der Waals surface area contributed by atoms with Gasteiger partial charge in [0.25, 0.3) is 0 Å². The molecule has 12 nitrogen and oxygen atoms in total. The highest BCUT2D eigenvalue weighted by molar-refractivity contribution is 7.89. The van der Waals surface area contributed by atoms with Gasteiger partial charge >= 0.3 is 12.3 Å². The lowest BCUT2D eigenvalue weighted by atomic mass is 10.2. The molecule has 0 saturated carbocycles. The Labute approximate surface area is 207 Å². The summed E-state index contributed by atoms with van der Waals surface area (Å²) in [5.74, 6) is -2.38. The number of carbonyl (C=O) groups excluding carboxylic acids is 1. The summed E-state index contributed by atoms with van der Waals surface area (Å²) in [6, 6.07) is 10.7. The van der Waals surface area contributed by atoms with Crippen LogP contribution < -0.4 is 4.74 Å². The van der Waals surface area contributed by atoms with E-state index in [1.165, 1.54) is 4.90 Å². The zero-order valence-electron chi connectivity index (χ0n) is 18.8. The normalized spacial score (nSPS) is 16.9. The molecule has 1 atom stereocenters. The van der Waals surface area contributed by atoms with E-state index in [-0.39, 0.29) is 19.6 Å². The number of nitrogens with zero attached hydrogens (tertiary/aromatic N) is 6. The Morgan fingerprint density at radius 1 is 1.05 bits per heavy atom. The second-order valence-electron chi connectivity index (χ2n) is 7.84. The molecule has 196 valence electrons. The van der Waals surface area contributed by atoms with Crippen molar-refractivity contribution in [1.29, 1.82) is 0 Å². The average molecular weight is 540 g/mol. The van der Waals surface area contributed by atoms with E-state index in [4.69, 9.17) is 0 Å². The first-order valence-corrected chi connectivity index (χ1v) is 12.1. The van der Waals surface area contributed by atoms with Crippen LogP contribution in [0, 0.1) is 0 Å². The maximum Gasteiger partial charge on any atom is 0.573 e. The minimum atomic E-state index is -4.96. The molecule has 0 unspecified atom stereocenters. The first kappa shape index (κ1) is 26.0. The zero-order valence-corrected chi connectivity index (χ0v) is 19.6. The standard InChI is InChI=1S/C21H19F3N6O6S/c22-21(23,24)36-15-6-8-16(9-7-15)37(34,35)29-11-10-28(12-17(29)20(32)33)18(31)13-30-26-19(25-27-30)14-4-2-1-3-5-14/h1-9,17H,10-13H2,(H,32,33)/t17-/m1/s1. The van der Waals surface area contributed by atoms with Gasteiger partial charge in [0.2, 0.25) is 21.8 Å². The number of amides is 1. The van der Waals surface area contributed by atoms with E-state index in [1.54, 1.807) is 24.3 Å². The van der Waals surface area contributed by atoms with E-state index < -0.39 is 51.5 Å². The number of sulfonamides is 1. The minimum absolute atomic E-state index is 0.128. The monoisotopic (exact) mass is 540 g/mol. The van der Waals surface area contributed by atoms with Crippen LogP contribution in [0.3, 0.4) is 0 Å². The molecule has 0 bridgehead atoms. The molecular formula is C21H19F3N6O6S. The number of aliphatic carboxylic acids is 1. The summed E-state index contributed by atoms with van der Waals surface area (Å²) in [6.07, 6.45) is -4.96. The van der Waals surface area contributed by atoms with E-state index >= 15 is 0 Å². The van der Waals surface area contributed by atoms with Crippen LogP contribution in [0.25, 0.3) is 11.4 Å². The Morgan fingerprint density at radius 3 is 2.35 bits per heavy atom. The van der Waals surface area contributed by atoms with Crippen molar-refractivity contribution in [3.63, 3.8) is 0 Å². The van der Waals surface area contributed by atoms with E-state index in [0.29, 0.717) is 15.7 Å². The number of alkyl halides is 3. The van der Waals surface area contributed by atoms with Gasteiger partial charge in [-0.3, -0.25) is 9.59 Å². The van der Waals surface area contributed by atoms with Crippen molar-refractivity contribution < 1.29 is 41.0 Å². The molecule has 1 saturated heterocycles. The molecule has 0 aliphatic carbocycles. The second-order valence-corrected chi connectivity index (χ2v) is 9.73. The number of carbonyl (C=O) groups is 2. The lowest BCUT2D eigenvalue weighted by Crippen LogP contribution is -2.59. The van der Waals surface area contributed by atoms with Gasteiger partial charge in [-0.1, -0.05) is 30.3 Å². The number of tetrazole rings is 1. The van der Waals surface area contributed by atoms with Crippen LogP contribution in [-0.2, 0) is 26.2 Å². The SMILES string of the molecule is O=C(O)[C@H]1CN(C(=O)Cn2nnc(-c3ccccc3)n2)CCN1S(=O)(=O)c1ccc(OC(F)(F)F)cc1. The van der Waals surface area contributed by atoms with Crippen LogP contribution in [0.5, 0.6) is 5.75 Å². The Bertz CT molecular complexity index is 1380. The summed E-state index contributed by atoms with van der Waals surface area (Å²) in [4.78, 5) is 26.5. The summed E-state index contributed by atoms with van der Waals surface area (Å²) in [7, 11) is -4.41. The number of hydrogen-bond acceptors (Lipinski definition) is 8. The molecular weight excluding hydrogens is 521 g/mol. The van der Waals surface area contributed by atoms with Gasteiger partial charge in [-0.25, -0.2) is 8.42 Å². The van der Waals surface area contributed by atoms with Crippen LogP contribution in [0.15, 0.2) is 59.5 Å². The third kappa shape index (κ3) is 6.03. The van der Waals surface area contributed by atoms with Crippen molar-refractivity contribution in [3.8, 4) is 17.1 Å². The van der Waals surface area contributed by atoms with E-state index in [9.17, 15) is 36.3 Å². The quantitative estimate of drug-likeness (QED) is 0.467. The van der Waals surface area contributed by atoms with Gasteiger partial charge in [-0.05, 0) is 29.5 Å². The van der Waals surface area contributed by atoms with E-state index in [0.717, 1.165) is 29.1 Å². The van der Waals surface area contributed by atoms with E-state index in [1.807, 2.05) is 6.07 Å². The number of benzene rings is 2. The smallest absolute Gasteiger partial charge is 0.480 e. The number of carboxylic acids is 1. The Morgan fingerprint density at radius 2 is 1.73 bits per heavy atom. The van der Waals surface area contributed by atoms with Crippen molar-refractivity contribution >= 4 is 21.9 Å². The van der Waals surface area contributed by atoms with Gasteiger partial charge in [0.1, 0.15) is 18.3 Å². The Hall–Kier alpha value is -4.05. The van der Waals surface area contributed by atoms with E-state index in [2.05, 4.69) is 20.1 Å². The molecule has 1 amide bonds. The third-order valence-electron chi connectivity index (χ3n) is 5.39. The molecule has 16 heteroatoms. The fraction of sp³-hybridized carbons (Fsp3) is 0.286. The largest absolute Gasteiger partial charge is 0.573 e. The van der Waals surface area contributed by atoms with Gasteiger partial charge in [-0.15, -0.1) is 23.4 Å². The number of hydrogen-bond donors (Lipinski definition) is 1. The van der Waals surface area contributed by atoms with Crippen molar-refractivity contribution in [2.75, 3.05) is 19.6 Å². The number of ether oxygens (including phenoxy) is 1. The number of rotatable bonds is 7. The molecule has 37 heavy (non-hydrogen) atoms. The molecule has 3 aromatic rings. The lowest BCUT2D eigenvalue weighted by Gasteiger charge is -2.38. The molecule has 0 radical (unpaired) electrons. The van der Waals surface area contributed by atoms with Gasteiger partial charge in [0, 0.05) is 25.2 Å². The molecule has 0 spiro atoms. The van der Waals surface area contributed by atoms with Crippen molar-refractivity contribution in [3.05, 3.63) is 54.6 Å². The first-order valence-electron chi connectivity index (χ1n) is 10.7.